The number of para-hydroxylation sites is 1. The standard InChI is InChI=1S/C15H23ClO/c1-3-15(4-2,13-16)11-8-12-17-14-9-6-5-7-10-14/h5-7,9-10H,3-4,8,11-13H2,1-2H3. The van der Waals surface area contributed by atoms with Crippen LogP contribution in [-0.4, -0.2) is 12.5 Å². The summed E-state index contributed by atoms with van der Waals surface area (Å²) in [6.45, 7) is 5.23. The smallest absolute Gasteiger partial charge is 0.119 e. The Hall–Kier alpha value is -0.690. The first kappa shape index (κ1) is 14.4. The summed E-state index contributed by atoms with van der Waals surface area (Å²) >= 11 is 6.08. The lowest BCUT2D eigenvalue weighted by Crippen LogP contribution is -2.21. The van der Waals surface area contributed by atoms with Crippen LogP contribution in [0.15, 0.2) is 30.3 Å². The zero-order chi connectivity index (χ0) is 12.6. The van der Waals surface area contributed by atoms with Crippen molar-refractivity contribution < 1.29 is 4.74 Å². The van der Waals surface area contributed by atoms with Gasteiger partial charge in [0.25, 0.3) is 0 Å². The highest BCUT2D eigenvalue weighted by Gasteiger charge is 2.24. The lowest BCUT2D eigenvalue weighted by atomic mass is 9.80. The minimum absolute atomic E-state index is 0.307. The van der Waals surface area contributed by atoms with E-state index >= 15 is 0 Å². The summed E-state index contributed by atoms with van der Waals surface area (Å²) in [7, 11) is 0. The molecule has 0 spiro atoms. The van der Waals surface area contributed by atoms with Gasteiger partial charge >= 0.3 is 0 Å². The number of benzene rings is 1. The van der Waals surface area contributed by atoms with Crippen molar-refractivity contribution in [3.8, 4) is 5.75 Å². The van der Waals surface area contributed by atoms with Gasteiger partial charge in [0.05, 0.1) is 6.61 Å². The van der Waals surface area contributed by atoms with Crippen LogP contribution < -0.4 is 4.74 Å². The molecule has 0 N–H and O–H groups in total. The van der Waals surface area contributed by atoms with E-state index in [9.17, 15) is 0 Å². The molecule has 1 rings (SSSR count). The number of rotatable bonds is 8. The van der Waals surface area contributed by atoms with E-state index in [0.717, 1.165) is 43.9 Å². The molecular weight excluding hydrogens is 232 g/mol. The quantitative estimate of drug-likeness (QED) is 0.474. The zero-order valence-electron chi connectivity index (χ0n) is 10.9. The molecule has 0 radical (unpaired) electrons. The minimum Gasteiger partial charge on any atom is -0.494 e. The van der Waals surface area contributed by atoms with E-state index in [-0.39, 0.29) is 0 Å². The van der Waals surface area contributed by atoms with Crippen LogP contribution in [0.5, 0.6) is 5.75 Å². The first-order chi connectivity index (χ1) is 8.26. The molecule has 0 atom stereocenters. The fraction of sp³-hybridized carbons (Fsp3) is 0.600. The molecule has 0 heterocycles. The summed E-state index contributed by atoms with van der Waals surface area (Å²) in [5, 5.41) is 0. The summed E-state index contributed by atoms with van der Waals surface area (Å²) in [6, 6.07) is 9.98. The maximum Gasteiger partial charge on any atom is 0.119 e. The van der Waals surface area contributed by atoms with Gasteiger partial charge in [0.15, 0.2) is 0 Å². The summed E-state index contributed by atoms with van der Waals surface area (Å²) < 4.78 is 5.69. The highest BCUT2D eigenvalue weighted by molar-refractivity contribution is 6.18. The molecule has 0 saturated heterocycles. The van der Waals surface area contributed by atoms with Gasteiger partial charge in [-0.3, -0.25) is 0 Å². The Labute approximate surface area is 110 Å². The van der Waals surface area contributed by atoms with Crippen LogP contribution >= 0.6 is 11.6 Å². The SMILES string of the molecule is CCC(CC)(CCl)CCCOc1ccccc1. The van der Waals surface area contributed by atoms with E-state index in [0.29, 0.717) is 5.41 Å². The average molecular weight is 255 g/mol. The predicted molar refractivity (Wildman–Crippen MR) is 74.9 cm³/mol. The van der Waals surface area contributed by atoms with Crippen molar-refractivity contribution in [2.75, 3.05) is 12.5 Å². The molecule has 1 nitrogen and oxygen atoms in total. The second kappa shape index (κ2) is 7.60. The molecule has 17 heavy (non-hydrogen) atoms. The molecule has 0 bridgehead atoms. The average Bonchev–Trinajstić information content (AvgIpc) is 2.41. The first-order valence-corrected chi connectivity index (χ1v) is 7.03. The Kier molecular flexibility index (Phi) is 6.43. The van der Waals surface area contributed by atoms with Crippen molar-refractivity contribution in [1.82, 2.24) is 0 Å². The number of halogens is 1. The highest BCUT2D eigenvalue weighted by atomic mass is 35.5. The third-order valence-corrected chi connectivity index (χ3v) is 4.21. The molecule has 0 aliphatic heterocycles. The van der Waals surface area contributed by atoms with Crippen molar-refractivity contribution in [1.29, 1.82) is 0 Å². The first-order valence-electron chi connectivity index (χ1n) is 6.50. The minimum atomic E-state index is 0.307. The number of hydrogen-bond donors (Lipinski definition) is 0. The van der Waals surface area contributed by atoms with Gasteiger partial charge in [-0.25, -0.2) is 0 Å². The second-order valence-corrected chi connectivity index (χ2v) is 4.87. The number of alkyl halides is 1. The Morgan fingerprint density at radius 1 is 1.12 bits per heavy atom. The fourth-order valence-electron chi connectivity index (χ4n) is 2.01. The van der Waals surface area contributed by atoms with Crippen molar-refractivity contribution in [3.05, 3.63) is 30.3 Å². The van der Waals surface area contributed by atoms with Gasteiger partial charge in [0, 0.05) is 5.88 Å². The maximum atomic E-state index is 6.08. The predicted octanol–water partition coefficient (Wildman–Crippen LogP) is 4.89. The lowest BCUT2D eigenvalue weighted by molar-refractivity contribution is 0.230. The molecule has 0 saturated carbocycles. The van der Waals surface area contributed by atoms with E-state index in [1.54, 1.807) is 0 Å². The monoisotopic (exact) mass is 254 g/mol. The molecule has 1 aromatic rings. The number of hydrogen-bond acceptors (Lipinski definition) is 1. The highest BCUT2D eigenvalue weighted by Crippen LogP contribution is 2.33. The molecule has 2 heteroatoms. The zero-order valence-corrected chi connectivity index (χ0v) is 11.7. The number of ether oxygens (including phenoxy) is 1. The van der Waals surface area contributed by atoms with Gasteiger partial charge in [-0.1, -0.05) is 32.0 Å². The Morgan fingerprint density at radius 2 is 1.76 bits per heavy atom. The second-order valence-electron chi connectivity index (χ2n) is 4.61. The Morgan fingerprint density at radius 3 is 2.29 bits per heavy atom. The Balaban J connectivity index is 2.28. The lowest BCUT2D eigenvalue weighted by Gasteiger charge is -2.29. The van der Waals surface area contributed by atoms with Gasteiger partial charge in [0.2, 0.25) is 0 Å². The van der Waals surface area contributed by atoms with Crippen LogP contribution in [0.1, 0.15) is 39.5 Å². The molecule has 0 unspecified atom stereocenters. The van der Waals surface area contributed by atoms with Crippen LogP contribution in [0.25, 0.3) is 0 Å². The summed E-state index contributed by atoms with van der Waals surface area (Å²) in [4.78, 5) is 0. The van der Waals surface area contributed by atoms with Crippen LogP contribution in [0.3, 0.4) is 0 Å². The van der Waals surface area contributed by atoms with Gasteiger partial charge in [0.1, 0.15) is 5.75 Å². The van der Waals surface area contributed by atoms with Gasteiger partial charge in [-0.05, 0) is 43.2 Å². The third kappa shape index (κ3) is 4.59. The molecule has 0 fully saturated rings. The van der Waals surface area contributed by atoms with Crippen LogP contribution in [0.2, 0.25) is 0 Å². The molecule has 1 aromatic carbocycles. The molecular formula is C15H23ClO. The van der Waals surface area contributed by atoms with Crippen molar-refractivity contribution in [2.45, 2.75) is 39.5 Å². The Bertz CT molecular complexity index is 285. The van der Waals surface area contributed by atoms with Crippen LogP contribution in [0, 0.1) is 5.41 Å². The van der Waals surface area contributed by atoms with E-state index in [1.807, 2.05) is 30.3 Å². The molecule has 0 aromatic heterocycles. The van der Waals surface area contributed by atoms with E-state index in [1.165, 1.54) is 0 Å². The summed E-state index contributed by atoms with van der Waals surface area (Å²) in [6.07, 6.45) is 4.52. The molecule has 96 valence electrons. The third-order valence-electron chi connectivity index (χ3n) is 3.65. The van der Waals surface area contributed by atoms with Gasteiger partial charge in [-0.2, -0.15) is 0 Å². The van der Waals surface area contributed by atoms with Gasteiger partial charge in [-0.15, -0.1) is 11.6 Å². The summed E-state index contributed by atoms with van der Waals surface area (Å²) in [5.41, 5.74) is 0.307. The maximum absolute atomic E-state index is 6.08. The van der Waals surface area contributed by atoms with Crippen LogP contribution in [-0.2, 0) is 0 Å². The van der Waals surface area contributed by atoms with Crippen molar-refractivity contribution in [3.63, 3.8) is 0 Å². The largest absolute Gasteiger partial charge is 0.494 e. The van der Waals surface area contributed by atoms with Crippen molar-refractivity contribution >= 4 is 11.6 Å². The van der Waals surface area contributed by atoms with E-state index in [4.69, 9.17) is 16.3 Å². The molecule has 0 aliphatic rings. The molecule has 0 amide bonds. The topological polar surface area (TPSA) is 9.23 Å². The normalized spacial score (nSPS) is 11.5. The molecule has 0 aliphatic carbocycles. The van der Waals surface area contributed by atoms with Crippen LogP contribution in [0.4, 0.5) is 0 Å². The van der Waals surface area contributed by atoms with E-state index in [2.05, 4.69) is 13.8 Å². The van der Waals surface area contributed by atoms with Gasteiger partial charge < -0.3 is 4.74 Å². The fourth-order valence-corrected chi connectivity index (χ4v) is 2.52. The van der Waals surface area contributed by atoms with Crippen molar-refractivity contribution in [2.24, 2.45) is 5.41 Å². The summed E-state index contributed by atoms with van der Waals surface area (Å²) in [5.74, 6) is 1.71. The van der Waals surface area contributed by atoms with E-state index < -0.39 is 0 Å².